The van der Waals surface area contributed by atoms with Crippen LogP contribution in [0.2, 0.25) is 0 Å². The summed E-state index contributed by atoms with van der Waals surface area (Å²) < 4.78 is 45.0. The number of benzene rings is 1. The molecule has 0 N–H and O–H groups in total. The third kappa shape index (κ3) is 3.76. The zero-order chi connectivity index (χ0) is 19.2. The first kappa shape index (κ1) is 18.8. The largest absolute Gasteiger partial charge is 0.458 e. The molecule has 1 amide bonds. The van der Waals surface area contributed by atoms with Crippen molar-refractivity contribution in [1.82, 2.24) is 4.90 Å². The van der Waals surface area contributed by atoms with Crippen molar-refractivity contribution >= 4 is 11.9 Å². The number of carbonyl (C=O) groups is 2. The molecule has 0 spiro atoms. The van der Waals surface area contributed by atoms with Crippen molar-refractivity contribution in [1.29, 1.82) is 5.26 Å². The van der Waals surface area contributed by atoms with Crippen LogP contribution in [0.25, 0.3) is 0 Å². The van der Waals surface area contributed by atoms with Crippen LogP contribution in [0.4, 0.5) is 13.2 Å². The molecule has 1 unspecified atom stereocenters. The van der Waals surface area contributed by atoms with Gasteiger partial charge in [0.25, 0.3) is 5.91 Å². The lowest BCUT2D eigenvalue weighted by Gasteiger charge is -2.27. The Morgan fingerprint density at radius 1 is 1.32 bits per heavy atom. The summed E-state index contributed by atoms with van der Waals surface area (Å²) in [5.41, 5.74) is -2.57. The number of nitriles is 1. The summed E-state index contributed by atoms with van der Waals surface area (Å²) in [6.45, 7) is 6.17. The molecule has 0 aromatic heterocycles. The zero-order valence-corrected chi connectivity index (χ0v) is 14.2. The lowest BCUT2D eigenvalue weighted by atomic mass is 9.99. The summed E-state index contributed by atoms with van der Waals surface area (Å²) in [7, 11) is 0. The number of ether oxygens (including phenoxy) is 1. The monoisotopic (exact) mass is 354 g/mol. The lowest BCUT2D eigenvalue weighted by molar-refractivity contribution is -0.159. The summed E-state index contributed by atoms with van der Waals surface area (Å²) in [6, 6.07) is 2.50. The number of carbonyl (C=O) groups excluding carboxylic acids is 2. The van der Waals surface area contributed by atoms with Crippen LogP contribution in [-0.2, 0) is 22.3 Å². The minimum Gasteiger partial charge on any atom is -0.458 e. The summed E-state index contributed by atoms with van der Waals surface area (Å²) in [6.07, 6.45) is -4.78. The predicted molar refractivity (Wildman–Crippen MR) is 81.3 cm³/mol. The molecule has 0 saturated heterocycles. The first-order chi connectivity index (χ1) is 11.3. The number of amides is 1. The highest BCUT2D eigenvalue weighted by Crippen LogP contribution is 2.38. The molecule has 2 rings (SSSR count). The number of hydrogen-bond donors (Lipinski definition) is 0. The van der Waals surface area contributed by atoms with E-state index in [2.05, 4.69) is 0 Å². The lowest BCUT2D eigenvalue weighted by Crippen LogP contribution is -2.42. The SMILES string of the molecule is CC(C(=O)OC(C)(C)C)N1Cc2cc(C#N)cc(C(F)(F)F)c2C1=O. The Kier molecular flexibility index (Phi) is 4.55. The summed E-state index contributed by atoms with van der Waals surface area (Å²) in [5, 5.41) is 8.93. The smallest absolute Gasteiger partial charge is 0.417 e. The molecule has 0 fully saturated rings. The van der Waals surface area contributed by atoms with Gasteiger partial charge in [0.15, 0.2) is 0 Å². The zero-order valence-electron chi connectivity index (χ0n) is 14.2. The van der Waals surface area contributed by atoms with E-state index in [4.69, 9.17) is 10.00 Å². The number of halogens is 3. The molecule has 1 atom stereocenters. The highest BCUT2D eigenvalue weighted by Gasteiger charge is 2.43. The number of esters is 1. The second-order valence-corrected chi connectivity index (χ2v) is 6.81. The maximum absolute atomic E-state index is 13.3. The van der Waals surface area contributed by atoms with E-state index in [-0.39, 0.29) is 17.7 Å². The fourth-order valence-corrected chi connectivity index (χ4v) is 2.59. The summed E-state index contributed by atoms with van der Waals surface area (Å²) in [5.74, 6) is -1.60. The third-order valence-electron chi connectivity index (χ3n) is 3.69. The molecule has 0 radical (unpaired) electrons. The van der Waals surface area contributed by atoms with Gasteiger partial charge in [0.05, 0.1) is 22.8 Å². The maximum Gasteiger partial charge on any atom is 0.417 e. The van der Waals surface area contributed by atoms with E-state index < -0.39 is 40.8 Å². The van der Waals surface area contributed by atoms with Gasteiger partial charge < -0.3 is 9.64 Å². The van der Waals surface area contributed by atoms with Crippen LogP contribution < -0.4 is 0 Å². The Labute approximate surface area is 143 Å². The number of rotatable bonds is 2. The number of alkyl halides is 3. The number of fused-ring (bicyclic) bond motifs is 1. The molecule has 134 valence electrons. The van der Waals surface area contributed by atoms with Gasteiger partial charge in [-0.3, -0.25) is 4.79 Å². The van der Waals surface area contributed by atoms with Crippen molar-refractivity contribution < 1.29 is 27.5 Å². The molecule has 0 bridgehead atoms. The molecule has 1 aliphatic rings. The van der Waals surface area contributed by atoms with Crippen LogP contribution in [0.5, 0.6) is 0 Å². The van der Waals surface area contributed by atoms with Crippen molar-refractivity contribution in [2.45, 2.75) is 52.1 Å². The molecule has 1 aromatic rings. The van der Waals surface area contributed by atoms with Crippen LogP contribution in [0, 0.1) is 11.3 Å². The van der Waals surface area contributed by atoms with Crippen molar-refractivity contribution in [3.8, 4) is 6.07 Å². The van der Waals surface area contributed by atoms with Gasteiger partial charge in [-0.2, -0.15) is 18.4 Å². The fourth-order valence-electron chi connectivity index (χ4n) is 2.59. The van der Waals surface area contributed by atoms with E-state index in [9.17, 15) is 22.8 Å². The van der Waals surface area contributed by atoms with E-state index in [1.807, 2.05) is 0 Å². The average molecular weight is 354 g/mol. The van der Waals surface area contributed by atoms with E-state index in [0.29, 0.717) is 6.07 Å². The number of nitrogens with zero attached hydrogens (tertiary/aromatic N) is 2. The first-order valence-electron chi connectivity index (χ1n) is 7.53. The van der Waals surface area contributed by atoms with E-state index in [0.717, 1.165) is 4.90 Å². The van der Waals surface area contributed by atoms with Crippen molar-refractivity contribution in [2.24, 2.45) is 0 Å². The van der Waals surface area contributed by atoms with Gasteiger partial charge in [-0.15, -0.1) is 0 Å². The minimum atomic E-state index is -4.78. The highest BCUT2D eigenvalue weighted by molar-refractivity contribution is 6.02. The molecule has 1 aliphatic heterocycles. The molecule has 0 aliphatic carbocycles. The van der Waals surface area contributed by atoms with E-state index in [1.165, 1.54) is 13.0 Å². The Bertz CT molecular complexity index is 773. The quantitative estimate of drug-likeness (QED) is 0.765. The molecule has 8 heteroatoms. The summed E-state index contributed by atoms with van der Waals surface area (Å²) >= 11 is 0. The molecule has 0 saturated carbocycles. The summed E-state index contributed by atoms with van der Waals surface area (Å²) in [4.78, 5) is 25.7. The second-order valence-electron chi connectivity index (χ2n) is 6.81. The maximum atomic E-state index is 13.3. The van der Waals surface area contributed by atoms with Gasteiger partial charge in [0.1, 0.15) is 11.6 Å². The van der Waals surface area contributed by atoms with E-state index in [1.54, 1.807) is 26.8 Å². The molecular weight excluding hydrogens is 337 g/mol. The topological polar surface area (TPSA) is 70.4 Å². The predicted octanol–water partition coefficient (Wildman–Crippen LogP) is 3.26. The standard InChI is InChI=1S/C17H17F3N2O3/c1-9(15(24)25-16(2,3)4)22-8-11-5-10(7-21)6-12(17(18,19)20)13(11)14(22)23/h5-6,9H,8H2,1-4H3. The normalized spacial score (nSPS) is 15.6. The Balaban J connectivity index is 2.41. The van der Waals surface area contributed by atoms with Gasteiger partial charge in [-0.05, 0) is 45.4 Å². The molecule has 25 heavy (non-hydrogen) atoms. The van der Waals surface area contributed by atoms with Crippen LogP contribution in [0.1, 0.15) is 54.7 Å². The fraction of sp³-hybridized carbons (Fsp3) is 0.471. The van der Waals surface area contributed by atoms with E-state index >= 15 is 0 Å². The van der Waals surface area contributed by atoms with Crippen molar-refractivity contribution in [2.75, 3.05) is 0 Å². The van der Waals surface area contributed by atoms with Gasteiger partial charge in [-0.25, -0.2) is 4.79 Å². The Morgan fingerprint density at radius 3 is 2.40 bits per heavy atom. The Morgan fingerprint density at radius 2 is 1.92 bits per heavy atom. The van der Waals surface area contributed by atoms with Crippen LogP contribution in [0.15, 0.2) is 12.1 Å². The highest BCUT2D eigenvalue weighted by atomic mass is 19.4. The van der Waals surface area contributed by atoms with Gasteiger partial charge in [0, 0.05) is 6.54 Å². The first-order valence-corrected chi connectivity index (χ1v) is 7.53. The van der Waals surface area contributed by atoms with Crippen LogP contribution in [-0.4, -0.2) is 28.4 Å². The van der Waals surface area contributed by atoms with Gasteiger partial charge >= 0.3 is 12.1 Å². The van der Waals surface area contributed by atoms with Crippen molar-refractivity contribution in [3.63, 3.8) is 0 Å². The molecule has 5 nitrogen and oxygen atoms in total. The number of hydrogen-bond acceptors (Lipinski definition) is 4. The molecular formula is C17H17F3N2O3. The molecule has 1 aromatic carbocycles. The van der Waals surface area contributed by atoms with Crippen molar-refractivity contribution in [3.05, 3.63) is 34.4 Å². The van der Waals surface area contributed by atoms with Gasteiger partial charge in [0.2, 0.25) is 0 Å². The van der Waals surface area contributed by atoms with Gasteiger partial charge in [-0.1, -0.05) is 0 Å². The molecule has 1 heterocycles. The Hall–Kier alpha value is -2.56. The van der Waals surface area contributed by atoms with Crippen LogP contribution in [0.3, 0.4) is 0 Å². The average Bonchev–Trinajstić information content (AvgIpc) is 2.79. The minimum absolute atomic E-state index is 0.0757. The third-order valence-corrected chi connectivity index (χ3v) is 3.69. The van der Waals surface area contributed by atoms with Crippen LogP contribution >= 0.6 is 0 Å². The second kappa shape index (κ2) is 6.06.